The first-order valence-electron chi connectivity index (χ1n) is 5.91. The summed E-state index contributed by atoms with van der Waals surface area (Å²) in [5, 5.41) is 9.49. The molecule has 0 aliphatic carbocycles. The van der Waals surface area contributed by atoms with Crippen molar-refractivity contribution in [1.82, 2.24) is 0 Å². The molecular formula is C15H13ClF2O. The normalized spacial score (nSPS) is 12.4. The Morgan fingerprint density at radius 1 is 1.11 bits per heavy atom. The molecule has 0 aliphatic heterocycles. The highest BCUT2D eigenvalue weighted by Gasteiger charge is 2.15. The molecule has 1 atom stereocenters. The smallest absolute Gasteiger partial charge is 0.142 e. The first-order chi connectivity index (χ1) is 9.11. The van der Waals surface area contributed by atoms with Gasteiger partial charge < -0.3 is 5.11 Å². The number of rotatable bonds is 4. The van der Waals surface area contributed by atoms with Gasteiger partial charge >= 0.3 is 0 Å². The third kappa shape index (κ3) is 3.31. The number of halogens is 3. The maximum atomic E-state index is 13.3. The molecule has 19 heavy (non-hydrogen) atoms. The van der Waals surface area contributed by atoms with Crippen LogP contribution in [0.1, 0.15) is 17.0 Å². The molecule has 4 heteroatoms. The van der Waals surface area contributed by atoms with Gasteiger partial charge in [-0.15, -0.1) is 0 Å². The molecule has 1 nitrogen and oxygen atoms in total. The van der Waals surface area contributed by atoms with Crippen LogP contribution in [0, 0.1) is 11.6 Å². The van der Waals surface area contributed by atoms with E-state index in [9.17, 15) is 13.9 Å². The summed E-state index contributed by atoms with van der Waals surface area (Å²) >= 11 is 5.88. The Hall–Kier alpha value is -1.45. The number of aliphatic hydroxyl groups is 1. The van der Waals surface area contributed by atoms with E-state index in [1.807, 2.05) is 0 Å². The summed E-state index contributed by atoms with van der Waals surface area (Å²) in [5.74, 6) is -1.16. The summed E-state index contributed by atoms with van der Waals surface area (Å²) in [5.41, 5.74) is 1.27. The van der Waals surface area contributed by atoms with Crippen molar-refractivity contribution in [2.45, 2.75) is 12.3 Å². The molecule has 1 unspecified atom stereocenters. The van der Waals surface area contributed by atoms with Crippen molar-refractivity contribution in [3.8, 4) is 0 Å². The van der Waals surface area contributed by atoms with Gasteiger partial charge in [-0.1, -0.05) is 35.9 Å². The monoisotopic (exact) mass is 282 g/mol. The van der Waals surface area contributed by atoms with Gasteiger partial charge in [0.2, 0.25) is 0 Å². The minimum Gasteiger partial charge on any atom is -0.396 e. The van der Waals surface area contributed by atoms with Crippen LogP contribution in [0.2, 0.25) is 5.02 Å². The van der Waals surface area contributed by atoms with E-state index in [0.29, 0.717) is 17.5 Å². The van der Waals surface area contributed by atoms with Crippen molar-refractivity contribution >= 4 is 11.6 Å². The van der Waals surface area contributed by atoms with Gasteiger partial charge in [0.15, 0.2) is 0 Å². The fraction of sp³-hybridized carbons (Fsp3) is 0.200. The molecule has 0 aliphatic rings. The van der Waals surface area contributed by atoms with Crippen molar-refractivity contribution in [3.63, 3.8) is 0 Å². The Labute approximate surface area is 115 Å². The first kappa shape index (κ1) is 14.0. The molecule has 2 aromatic rings. The van der Waals surface area contributed by atoms with Crippen molar-refractivity contribution in [2.75, 3.05) is 6.61 Å². The molecule has 1 N–H and O–H groups in total. The zero-order chi connectivity index (χ0) is 13.8. The minimum atomic E-state index is -0.491. The molecule has 0 fully saturated rings. The average molecular weight is 283 g/mol. The second kappa shape index (κ2) is 6.13. The van der Waals surface area contributed by atoms with Crippen molar-refractivity contribution in [3.05, 3.63) is 70.2 Å². The fourth-order valence-electron chi connectivity index (χ4n) is 2.02. The summed E-state index contributed by atoms with van der Waals surface area (Å²) in [6, 6.07) is 10.6. The van der Waals surface area contributed by atoms with E-state index >= 15 is 0 Å². The summed E-state index contributed by atoms with van der Waals surface area (Å²) < 4.78 is 26.5. The van der Waals surface area contributed by atoms with Gasteiger partial charge in [-0.3, -0.25) is 0 Å². The predicted molar refractivity (Wildman–Crippen MR) is 71.3 cm³/mol. The molecule has 0 aromatic heterocycles. The third-order valence-corrected chi connectivity index (χ3v) is 3.46. The molecule has 2 rings (SSSR count). The van der Waals surface area contributed by atoms with Crippen molar-refractivity contribution < 1.29 is 13.9 Å². The van der Waals surface area contributed by atoms with Crippen LogP contribution < -0.4 is 0 Å². The van der Waals surface area contributed by atoms with E-state index in [2.05, 4.69) is 0 Å². The lowest BCUT2D eigenvalue weighted by Crippen LogP contribution is -2.08. The Morgan fingerprint density at radius 2 is 1.84 bits per heavy atom. The second-order valence-corrected chi connectivity index (χ2v) is 4.73. The summed E-state index contributed by atoms with van der Waals surface area (Å²) in [4.78, 5) is 0. The summed E-state index contributed by atoms with van der Waals surface area (Å²) in [6.45, 7) is -0.156. The van der Waals surface area contributed by atoms with Gasteiger partial charge in [0.25, 0.3) is 0 Å². The number of hydrogen-bond acceptors (Lipinski definition) is 1. The van der Waals surface area contributed by atoms with Crippen LogP contribution in [-0.4, -0.2) is 11.7 Å². The van der Waals surface area contributed by atoms with E-state index in [0.717, 1.165) is 0 Å². The second-order valence-electron chi connectivity index (χ2n) is 4.35. The highest BCUT2D eigenvalue weighted by Crippen LogP contribution is 2.27. The van der Waals surface area contributed by atoms with Gasteiger partial charge in [-0.2, -0.15) is 0 Å². The topological polar surface area (TPSA) is 20.2 Å². The van der Waals surface area contributed by atoms with Gasteiger partial charge in [0.1, 0.15) is 11.6 Å². The maximum absolute atomic E-state index is 13.3. The van der Waals surface area contributed by atoms with Crippen LogP contribution in [0.25, 0.3) is 0 Å². The molecule has 0 spiro atoms. The average Bonchev–Trinajstić information content (AvgIpc) is 2.40. The molecule has 0 amide bonds. The van der Waals surface area contributed by atoms with E-state index in [1.165, 1.54) is 18.2 Å². The summed E-state index contributed by atoms with van der Waals surface area (Å²) in [7, 11) is 0. The maximum Gasteiger partial charge on any atom is 0.142 e. The molecule has 0 bridgehead atoms. The first-order valence-corrected chi connectivity index (χ1v) is 6.29. The quantitative estimate of drug-likeness (QED) is 0.901. The van der Waals surface area contributed by atoms with Crippen LogP contribution in [-0.2, 0) is 6.42 Å². The molecule has 0 saturated carbocycles. The largest absolute Gasteiger partial charge is 0.396 e. The number of aliphatic hydroxyl groups excluding tert-OH is 1. The van der Waals surface area contributed by atoms with Gasteiger partial charge in [0, 0.05) is 5.92 Å². The zero-order valence-corrected chi connectivity index (χ0v) is 10.9. The Bertz CT molecular complexity index is 572. The lowest BCUT2D eigenvalue weighted by atomic mass is 9.92. The number of benzene rings is 2. The molecule has 2 aromatic carbocycles. The predicted octanol–water partition coefficient (Wildman–Crippen LogP) is 3.94. The third-order valence-electron chi connectivity index (χ3n) is 3.04. The molecule has 0 saturated heterocycles. The zero-order valence-electron chi connectivity index (χ0n) is 10.1. The molecule has 0 radical (unpaired) electrons. The van der Waals surface area contributed by atoms with E-state index in [1.54, 1.807) is 24.3 Å². The fourth-order valence-corrected chi connectivity index (χ4v) is 2.22. The highest BCUT2D eigenvalue weighted by molar-refractivity contribution is 6.31. The van der Waals surface area contributed by atoms with Crippen LogP contribution in [0.3, 0.4) is 0 Å². The van der Waals surface area contributed by atoms with Crippen LogP contribution in [0.4, 0.5) is 8.78 Å². The summed E-state index contributed by atoms with van der Waals surface area (Å²) in [6.07, 6.45) is 0.358. The lowest BCUT2D eigenvalue weighted by molar-refractivity contribution is 0.264. The van der Waals surface area contributed by atoms with Crippen LogP contribution in [0.15, 0.2) is 42.5 Å². The van der Waals surface area contributed by atoms with Crippen LogP contribution >= 0.6 is 11.6 Å². The Kier molecular flexibility index (Phi) is 4.51. The van der Waals surface area contributed by atoms with E-state index in [4.69, 9.17) is 11.6 Å². The van der Waals surface area contributed by atoms with Gasteiger partial charge in [-0.25, -0.2) is 8.78 Å². The van der Waals surface area contributed by atoms with E-state index < -0.39 is 5.82 Å². The Morgan fingerprint density at radius 3 is 2.53 bits per heavy atom. The highest BCUT2D eigenvalue weighted by atomic mass is 35.5. The molecular weight excluding hydrogens is 270 g/mol. The molecule has 0 heterocycles. The van der Waals surface area contributed by atoms with Gasteiger partial charge in [0.05, 0.1) is 11.6 Å². The minimum absolute atomic E-state index is 0.0531. The van der Waals surface area contributed by atoms with E-state index in [-0.39, 0.29) is 23.4 Å². The number of hydrogen-bond donors (Lipinski definition) is 1. The van der Waals surface area contributed by atoms with Crippen molar-refractivity contribution in [1.29, 1.82) is 0 Å². The Balaban J connectivity index is 2.26. The lowest BCUT2D eigenvalue weighted by Gasteiger charge is -2.16. The SMILES string of the molecule is OCC(Cc1cccc(F)c1Cl)c1cccc(F)c1. The molecule has 100 valence electrons. The van der Waals surface area contributed by atoms with Gasteiger partial charge in [-0.05, 0) is 35.7 Å². The van der Waals surface area contributed by atoms with Crippen molar-refractivity contribution in [2.24, 2.45) is 0 Å². The van der Waals surface area contributed by atoms with Crippen LogP contribution in [0.5, 0.6) is 0 Å². The standard InChI is InChI=1S/C15H13ClF2O/c16-15-11(4-2-6-14(15)18)7-12(9-19)10-3-1-5-13(17)8-10/h1-6,8,12,19H,7,9H2.